The number of hydrogen-bond donors (Lipinski definition) is 0. The number of hydrogen-bond acceptors (Lipinski definition) is 1. The van der Waals surface area contributed by atoms with Gasteiger partial charge in [0.1, 0.15) is 0 Å². The molecule has 0 radical (unpaired) electrons. The molecule has 0 aliphatic rings. The smallest absolute Gasteiger partial charge is 0.787 e. The predicted octanol–water partition coefficient (Wildman–Crippen LogP) is 1.85. The Morgan fingerprint density at radius 3 is 1.00 bits per heavy atom. The fourth-order valence-electron chi connectivity index (χ4n) is 0. The Balaban J connectivity index is -0.0000000267. The fourth-order valence-corrected chi connectivity index (χ4v) is 0. The van der Waals surface area contributed by atoms with Crippen molar-refractivity contribution < 1.29 is 0 Å². The molecule has 0 N–H and O–H groups in total. The normalized spacial score (nSPS) is 7.50. The largest absolute Gasteiger partial charge is 3.00 e. The SMILES string of the molecule is CC(C)(C)[S-].[Al+3].[CH3-].[CH3-]. The molecule has 0 spiro atoms. The Morgan fingerprint density at radius 2 is 1.00 bits per heavy atom. The van der Waals surface area contributed by atoms with Gasteiger partial charge in [-0.1, -0.05) is 20.8 Å². The minimum atomic E-state index is 0. The molecule has 0 rings (SSSR count). The molecule has 0 aliphatic carbocycles. The van der Waals surface area contributed by atoms with Crippen molar-refractivity contribution >= 4 is 30.0 Å². The van der Waals surface area contributed by atoms with E-state index in [2.05, 4.69) is 0 Å². The summed E-state index contributed by atoms with van der Waals surface area (Å²) >= 11 is 4.83. The van der Waals surface area contributed by atoms with Crippen LogP contribution >= 0.6 is 0 Å². The molecular weight excluding hydrogens is 131 g/mol. The van der Waals surface area contributed by atoms with Crippen LogP contribution in [0.15, 0.2) is 0 Å². The van der Waals surface area contributed by atoms with E-state index in [1.807, 2.05) is 20.8 Å². The molecule has 2 heteroatoms. The van der Waals surface area contributed by atoms with Gasteiger partial charge >= 0.3 is 17.4 Å². The summed E-state index contributed by atoms with van der Waals surface area (Å²) < 4.78 is 0.0833. The van der Waals surface area contributed by atoms with Gasteiger partial charge in [0.15, 0.2) is 0 Å². The molecule has 0 heterocycles. The summed E-state index contributed by atoms with van der Waals surface area (Å²) in [6.45, 7) is 6.01. The molecule has 0 amide bonds. The Bertz CT molecular complexity index is 24.0. The third kappa shape index (κ3) is 306. The van der Waals surface area contributed by atoms with Crippen molar-refractivity contribution in [1.29, 1.82) is 0 Å². The van der Waals surface area contributed by atoms with Gasteiger partial charge in [-0.25, -0.2) is 0 Å². The molecule has 0 fully saturated rings. The molecule has 0 bridgehead atoms. The van der Waals surface area contributed by atoms with Crippen LogP contribution in [0.5, 0.6) is 0 Å². The molecule has 0 aromatic carbocycles. The third-order valence-electron chi connectivity index (χ3n) is 0. The minimum absolute atomic E-state index is 0. The van der Waals surface area contributed by atoms with Gasteiger partial charge in [-0.05, 0) is 0 Å². The van der Waals surface area contributed by atoms with Crippen molar-refractivity contribution in [3.05, 3.63) is 14.9 Å². The average molecular weight is 146 g/mol. The van der Waals surface area contributed by atoms with Crippen LogP contribution in [0.1, 0.15) is 20.8 Å². The molecule has 0 nitrogen and oxygen atoms in total. The molecule has 48 valence electrons. The van der Waals surface area contributed by atoms with Crippen molar-refractivity contribution in [2.24, 2.45) is 0 Å². The van der Waals surface area contributed by atoms with Crippen molar-refractivity contribution in [3.8, 4) is 0 Å². The summed E-state index contributed by atoms with van der Waals surface area (Å²) in [6, 6.07) is 0. The van der Waals surface area contributed by atoms with Crippen molar-refractivity contribution in [2.45, 2.75) is 25.5 Å². The van der Waals surface area contributed by atoms with E-state index in [-0.39, 0.29) is 37.0 Å². The standard InChI is InChI=1S/C4H10S.2CH3.Al/c1-4(2,3)5;;;/h5H,1-3H3;2*1H3;/q;2*-1;+3/p-1. The second-order valence-corrected chi connectivity index (χ2v) is 3.34. The Hall–Kier alpha value is 0.882. The van der Waals surface area contributed by atoms with Gasteiger partial charge in [-0.15, -0.1) is 0 Å². The molecule has 0 unspecified atom stereocenters. The number of rotatable bonds is 0. The van der Waals surface area contributed by atoms with Crippen LogP contribution in [0.25, 0.3) is 0 Å². The van der Waals surface area contributed by atoms with Crippen molar-refractivity contribution in [2.75, 3.05) is 0 Å². The Morgan fingerprint density at radius 1 is 1.00 bits per heavy atom. The van der Waals surface area contributed by atoms with E-state index in [1.54, 1.807) is 0 Å². The van der Waals surface area contributed by atoms with Crippen LogP contribution in [0.2, 0.25) is 0 Å². The van der Waals surface area contributed by atoms with E-state index < -0.39 is 0 Å². The Labute approximate surface area is 70.6 Å². The van der Waals surface area contributed by atoms with Crippen LogP contribution < -0.4 is 0 Å². The average Bonchev–Trinajstić information content (AvgIpc) is 0.722. The van der Waals surface area contributed by atoms with Gasteiger partial charge in [0.2, 0.25) is 0 Å². The van der Waals surface area contributed by atoms with Crippen LogP contribution in [0.4, 0.5) is 0 Å². The third-order valence-corrected chi connectivity index (χ3v) is 0. The van der Waals surface area contributed by atoms with E-state index in [4.69, 9.17) is 12.6 Å². The maximum atomic E-state index is 4.83. The van der Waals surface area contributed by atoms with Crippen LogP contribution in [0, 0.1) is 14.9 Å². The van der Waals surface area contributed by atoms with E-state index in [9.17, 15) is 0 Å². The van der Waals surface area contributed by atoms with Gasteiger partial charge in [0.25, 0.3) is 0 Å². The predicted molar refractivity (Wildman–Crippen MR) is 45.7 cm³/mol. The first-order valence-electron chi connectivity index (χ1n) is 1.70. The van der Waals surface area contributed by atoms with Gasteiger partial charge in [-0.2, -0.15) is 4.75 Å². The molecule has 0 saturated carbocycles. The fraction of sp³-hybridized carbons (Fsp3) is 0.667. The molecule has 0 saturated heterocycles. The van der Waals surface area contributed by atoms with Gasteiger partial charge in [0.05, 0.1) is 0 Å². The zero-order chi connectivity index (χ0) is 4.50. The van der Waals surface area contributed by atoms with E-state index in [0.29, 0.717) is 0 Å². The molecule has 8 heavy (non-hydrogen) atoms. The van der Waals surface area contributed by atoms with E-state index in [0.717, 1.165) is 0 Å². The molecular formula is C6H15AlS. The molecule has 0 atom stereocenters. The van der Waals surface area contributed by atoms with Gasteiger partial charge in [0, 0.05) is 0 Å². The zero-order valence-corrected chi connectivity index (χ0v) is 8.46. The topological polar surface area (TPSA) is 0 Å². The van der Waals surface area contributed by atoms with Crippen LogP contribution in [0.3, 0.4) is 0 Å². The van der Waals surface area contributed by atoms with E-state index >= 15 is 0 Å². The zero-order valence-electron chi connectivity index (χ0n) is 6.49. The van der Waals surface area contributed by atoms with Crippen LogP contribution in [-0.2, 0) is 12.6 Å². The molecule has 0 aliphatic heterocycles. The first-order chi connectivity index (χ1) is 2.00. The molecule has 0 aromatic rings. The summed E-state index contributed by atoms with van der Waals surface area (Å²) in [5.74, 6) is 0. The maximum Gasteiger partial charge on any atom is 3.00 e. The Kier molecular flexibility index (Phi) is 22.8. The monoisotopic (exact) mass is 146 g/mol. The quantitative estimate of drug-likeness (QED) is 0.285. The summed E-state index contributed by atoms with van der Waals surface area (Å²) in [6.07, 6.45) is 0. The van der Waals surface area contributed by atoms with Gasteiger partial charge < -0.3 is 27.5 Å². The minimum Gasteiger partial charge on any atom is -0.787 e. The summed E-state index contributed by atoms with van der Waals surface area (Å²) in [5, 5.41) is 0. The first kappa shape index (κ1) is 23.2. The second kappa shape index (κ2) is 7.88. The van der Waals surface area contributed by atoms with Crippen molar-refractivity contribution in [1.82, 2.24) is 0 Å². The van der Waals surface area contributed by atoms with Gasteiger partial charge in [-0.3, -0.25) is 0 Å². The summed E-state index contributed by atoms with van der Waals surface area (Å²) in [7, 11) is 0. The van der Waals surface area contributed by atoms with Crippen LogP contribution in [-0.4, -0.2) is 22.1 Å². The summed E-state index contributed by atoms with van der Waals surface area (Å²) in [4.78, 5) is 0. The summed E-state index contributed by atoms with van der Waals surface area (Å²) in [5.41, 5.74) is 0. The molecule has 0 aromatic heterocycles. The second-order valence-electron chi connectivity index (χ2n) is 2.11. The van der Waals surface area contributed by atoms with Crippen molar-refractivity contribution in [3.63, 3.8) is 0 Å². The first-order valence-corrected chi connectivity index (χ1v) is 2.11. The maximum absolute atomic E-state index is 4.83. The van der Waals surface area contributed by atoms with E-state index in [1.165, 1.54) is 0 Å².